The maximum absolute atomic E-state index is 11.9. The van der Waals surface area contributed by atoms with E-state index in [-0.39, 0.29) is 35.2 Å². The number of amides is 1. The van der Waals surface area contributed by atoms with Crippen molar-refractivity contribution < 1.29 is 19.6 Å². The van der Waals surface area contributed by atoms with Crippen LogP contribution < -0.4 is 5.32 Å². The molecule has 8 heteroatoms. The molecule has 0 bridgehead atoms. The van der Waals surface area contributed by atoms with Crippen LogP contribution in [0.15, 0.2) is 18.2 Å². The predicted molar refractivity (Wildman–Crippen MR) is 71.9 cm³/mol. The quantitative estimate of drug-likeness (QED) is 0.617. The van der Waals surface area contributed by atoms with Crippen LogP contribution in [-0.2, 0) is 4.79 Å². The summed E-state index contributed by atoms with van der Waals surface area (Å²) in [5.74, 6) is -1.79. The van der Waals surface area contributed by atoms with Crippen LogP contribution in [0.4, 0.5) is 5.69 Å². The van der Waals surface area contributed by atoms with Crippen molar-refractivity contribution in [2.75, 3.05) is 6.54 Å². The number of nitrogens with one attached hydrogen (secondary N) is 1. The molecule has 0 radical (unpaired) electrons. The van der Waals surface area contributed by atoms with E-state index in [0.29, 0.717) is 0 Å². The third-order valence-electron chi connectivity index (χ3n) is 2.54. The first kappa shape index (κ1) is 15.9. The normalized spacial score (nSPS) is 11.7. The Kier molecular flexibility index (Phi) is 5.45. The number of carbonyl (C=O) groups excluding carboxylic acids is 1. The van der Waals surface area contributed by atoms with E-state index < -0.39 is 16.8 Å². The van der Waals surface area contributed by atoms with E-state index in [2.05, 4.69) is 5.32 Å². The van der Waals surface area contributed by atoms with Gasteiger partial charge in [-0.1, -0.05) is 18.5 Å². The molecule has 0 aliphatic rings. The van der Waals surface area contributed by atoms with E-state index in [9.17, 15) is 19.7 Å². The standard InChI is InChI=1S/C12H13ClN2O5/c1-7(4-11(16)17)6-14-12(18)9-5-8(15(19)20)2-3-10(9)13/h2-3,5,7H,4,6H2,1H3,(H,14,18)(H,16,17). The number of aliphatic carboxylic acids is 1. The SMILES string of the molecule is CC(CNC(=O)c1cc([N+](=O)[O-])ccc1Cl)CC(=O)O. The molecule has 0 aromatic heterocycles. The second kappa shape index (κ2) is 6.85. The molecule has 1 amide bonds. The van der Waals surface area contributed by atoms with Gasteiger partial charge in [-0.25, -0.2) is 0 Å². The second-order valence-corrected chi connectivity index (χ2v) is 4.74. The molecule has 0 aliphatic carbocycles. The molecule has 0 saturated heterocycles. The molecule has 1 unspecified atom stereocenters. The Morgan fingerprint density at radius 1 is 1.50 bits per heavy atom. The van der Waals surface area contributed by atoms with Crippen LogP contribution in [-0.4, -0.2) is 28.5 Å². The van der Waals surface area contributed by atoms with E-state index in [1.807, 2.05) is 0 Å². The average molecular weight is 301 g/mol. The van der Waals surface area contributed by atoms with Gasteiger partial charge in [0.2, 0.25) is 0 Å². The first-order chi connectivity index (χ1) is 9.31. The molecule has 1 atom stereocenters. The molecule has 7 nitrogen and oxygen atoms in total. The number of carboxylic acids is 1. The van der Waals surface area contributed by atoms with Crippen molar-refractivity contribution in [2.45, 2.75) is 13.3 Å². The van der Waals surface area contributed by atoms with Gasteiger partial charge in [-0.15, -0.1) is 0 Å². The molecule has 1 aromatic rings. The predicted octanol–water partition coefficient (Wildman–Crippen LogP) is 2.09. The zero-order valence-corrected chi connectivity index (χ0v) is 11.4. The molecule has 20 heavy (non-hydrogen) atoms. The van der Waals surface area contributed by atoms with Crippen LogP contribution in [0, 0.1) is 16.0 Å². The summed E-state index contributed by atoms with van der Waals surface area (Å²) < 4.78 is 0. The van der Waals surface area contributed by atoms with E-state index in [4.69, 9.17) is 16.7 Å². The van der Waals surface area contributed by atoms with Crippen molar-refractivity contribution in [3.05, 3.63) is 38.9 Å². The second-order valence-electron chi connectivity index (χ2n) is 4.33. The number of carbonyl (C=O) groups is 2. The summed E-state index contributed by atoms with van der Waals surface area (Å²) >= 11 is 5.82. The van der Waals surface area contributed by atoms with Crippen LogP contribution in [0.25, 0.3) is 0 Å². The summed E-state index contributed by atoms with van der Waals surface area (Å²) in [5, 5.41) is 21.8. The van der Waals surface area contributed by atoms with Crippen LogP contribution in [0.1, 0.15) is 23.7 Å². The van der Waals surface area contributed by atoms with Crippen molar-refractivity contribution in [1.29, 1.82) is 0 Å². The Balaban J connectivity index is 2.74. The third kappa shape index (κ3) is 4.51. The lowest BCUT2D eigenvalue weighted by Gasteiger charge is -2.11. The maximum atomic E-state index is 11.9. The molecule has 0 heterocycles. The fourth-order valence-electron chi connectivity index (χ4n) is 1.53. The van der Waals surface area contributed by atoms with Gasteiger partial charge >= 0.3 is 5.97 Å². The van der Waals surface area contributed by atoms with Crippen molar-refractivity contribution in [3.8, 4) is 0 Å². The largest absolute Gasteiger partial charge is 0.481 e. The van der Waals surface area contributed by atoms with Crippen molar-refractivity contribution in [3.63, 3.8) is 0 Å². The first-order valence-corrected chi connectivity index (χ1v) is 6.13. The summed E-state index contributed by atoms with van der Waals surface area (Å²) in [6, 6.07) is 3.56. The highest BCUT2D eigenvalue weighted by molar-refractivity contribution is 6.33. The van der Waals surface area contributed by atoms with Gasteiger partial charge in [0.1, 0.15) is 0 Å². The monoisotopic (exact) mass is 300 g/mol. The molecule has 0 aliphatic heterocycles. The molecule has 0 saturated carbocycles. The Bertz CT molecular complexity index is 547. The zero-order chi connectivity index (χ0) is 15.3. The van der Waals surface area contributed by atoms with Gasteiger partial charge in [0.15, 0.2) is 0 Å². The molecule has 1 rings (SSSR count). The van der Waals surface area contributed by atoms with Crippen molar-refractivity contribution in [2.24, 2.45) is 5.92 Å². The lowest BCUT2D eigenvalue weighted by Crippen LogP contribution is -2.29. The number of nitro benzene ring substituents is 1. The van der Waals surface area contributed by atoms with E-state index in [1.54, 1.807) is 6.92 Å². The number of non-ortho nitro benzene ring substituents is 1. The average Bonchev–Trinajstić information content (AvgIpc) is 2.35. The fourth-order valence-corrected chi connectivity index (χ4v) is 1.74. The van der Waals surface area contributed by atoms with Crippen LogP contribution in [0.5, 0.6) is 0 Å². The van der Waals surface area contributed by atoms with E-state index in [0.717, 1.165) is 6.07 Å². The molecule has 0 spiro atoms. The molecular weight excluding hydrogens is 288 g/mol. The lowest BCUT2D eigenvalue weighted by atomic mass is 10.1. The molecule has 0 fully saturated rings. The maximum Gasteiger partial charge on any atom is 0.303 e. The Morgan fingerprint density at radius 3 is 2.70 bits per heavy atom. The number of hydrogen-bond donors (Lipinski definition) is 2. The Morgan fingerprint density at radius 2 is 2.15 bits per heavy atom. The number of benzene rings is 1. The fraction of sp³-hybridized carbons (Fsp3) is 0.333. The van der Waals surface area contributed by atoms with Gasteiger partial charge in [0.25, 0.3) is 11.6 Å². The highest BCUT2D eigenvalue weighted by atomic mass is 35.5. The van der Waals surface area contributed by atoms with Crippen molar-refractivity contribution in [1.82, 2.24) is 5.32 Å². The van der Waals surface area contributed by atoms with Gasteiger partial charge < -0.3 is 10.4 Å². The minimum atomic E-state index is -0.958. The summed E-state index contributed by atoms with van der Waals surface area (Å²) in [6.45, 7) is 1.81. The Hall–Kier alpha value is -2.15. The topological polar surface area (TPSA) is 110 Å². The number of nitrogens with zero attached hydrogens (tertiary/aromatic N) is 1. The van der Waals surface area contributed by atoms with Gasteiger partial charge in [0, 0.05) is 25.1 Å². The number of nitro groups is 1. The minimum Gasteiger partial charge on any atom is -0.481 e. The molecule has 1 aromatic carbocycles. The number of halogens is 1. The summed E-state index contributed by atoms with van der Waals surface area (Å²) in [7, 11) is 0. The Labute approximate surface area is 119 Å². The minimum absolute atomic E-state index is 0.0107. The van der Waals surface area contributed by atoms with Crippen LogP contribution >= 0.6 is 11.6 Å². The third-order valence-corrected chi connectivity index (χ3v) is 2.87. The van der Waals surface area contributed by atoms with Crippen LogP contribution in [0.3, 0.4) is 0 Å². The van der Waals surface area contributed by atoms with Gasteiger partial charge in [0.05, 0.1) is 15.5 Å². The molecule has 108 valence electrons. The summed E-state index contributed by atoms with van der Waals surface area (Å²) in [5.41, 5.74) is -0.249. The van der Waals surface area contributed by atoms with Gasteiger partial charge in [-0.3, -0.25) is 19.7 Å². The first-order valence-electron chi connectivity index (χ1n) is 5.75. The molecular formula is C12H13ClN2O5. The zero-order valence-electron chi connectivity index (χ0n) is 10.6. The van der Waals surface area contributed by atoms with E-state index in [1.165, 1.54) is 12.1 Å². The number of rotatable bonds is 6. The highest BCUT2D eigenvalue weighted by Gasteiger charge is 2.16. The van der Waals surface area contributed by atoms with E-state index >= 15 is 0 Å². The van der Waals surface area contributed by atoms with Gasteiger partial charge in [-0.2, -0.15) is 0 Å². The highest BCUT2D eigenvalue weighted by Crippen LogP contribution is 2.21. The summed E-state index contributed by atoms with van der Waals surface area (Å²) in [6.07, 6.45) is -0.0804. The van der Waals surface area contributed by atoms with Crippen LogP contribution in [0.2, 0.25) is 5.02 Å². The lowest BCUT2D eigenvalue weighted by molar-refractivity contribution is -0.384. The summed E-state index contributed by atoms with van der Waals surface area (Å²) in [4.78, 5) is 32.4. The van der Waals surface area contributed by atoms with Gasteiger partial charge in [-0.05, 0) is 12.0 Å². The number of carboxylic acid groups (broad SMARTS) is 1. The number of hydrogen-bond acceptors (Lipinski definition) is 4. The van der Waals surface area contributed by atoms with Crippen molar-refractivity contribution >= 4 is 29.2 Å². The smallest absolute Gasteiger partial charge is 0.303 e. The molecule has 2 N–H and O–H groups in total.